The zero-order valence-corrected chi connectivity index (χ0v) is 48.8. The van der Waals surface area contributed by atoms with Crippen LogP contribution in [0.1, 0.15) is 27.7 Å². The Morgan fingerprint density at radius 1 is 0.378 bits per heavy atom. The summed E-state index contributed by atoms with van der Waals surface area (Å²) in [6.07, 6.45) is -63.5. The van der Waals surface area contributed by atoms with E-state index in [4.69, 9.17) is 56.8 Å². The van der Waals surface area contributed by atoms with Crippen molar-refractivity contribution in [1.82, 2.24) is 21.3 Å². The maximum absolute atomic E-state index is 12.8. The molecule has 522 valence electrons. The molecule has 4 amide bonds. The van der Waals surface area contributed by atoms with E-state index < -0.39 is 285 Å². The summed E-state index contributed by atoms with van der Waals surface area (Å²) in [4.78, 5) is 49.9. The van der Waals surface area contributed by atoms with Crippen LogP contribution in [0.15, 0.2) is 0 Å². The van der Waals surface area contributed by atoms with Gasteiger partial charge in [0.25, 0.3) is 0 Å². The van der Waals surface area contributed by atoms with Crippen LogP contribution in [0.2, 0.25) is 0 Å². The summed E-state index contributed by atoms with van der Waals surface area (Å²) >= 11 is 0. The van der Waals surface area contributed by atoms with Crippen molar-refractivity contribution in [2.45, 2.75) is 236 Å². The van der Waals surface area contributed by atoms with Crippen LogP contribution in [0.5, 0.6) is 0 Å². The lowest BCUT2D eigenvalue weighted by Gasteiger charge is -2.51. The van der Waals surface area contributed by atoms with E-state index in [0.717, 1.165) is 27.7 Å². The Morgan fingerprint density at radius 3 is 1.07 bits per heavy atom. The van der Waals surface area contributed by atoms with Gasteiger partial charge in [0.2, 0.25) is 23.6 Å². The third kappa shape index (κ3) is 17.5. The molecule has 40 heteroatoms. The van der Waals surface area contributed by atoms with E-state index >= 15 is 0 Å². The first kappa shape index (κ1) is 75.6. The topological polar surface area (TPSA) is 632 Å². The van der Waals surface area contributed by atoms with Crippen molar-refractivity contribution < 1.29 is 178 Å². The van der Waals surface area contributed by atoms with Crippen molar-refractivity contribution in [2.24, 2.45) is 0 Å². The predicted molar refractivity (Wildman–Crippen MR) is 280 cm³/mol. The zero-order valence-electron chi connectivity index (χ0n) is 48.8. The molecule has 0 aromatic rings. The second-order valence-electron chi connectivity index (χ2n) is 22.3. The second-order valence-corrected chi connectivity index (χ2v) is 22.3. The number of hydrogen-bond acceptors (Lipinski definition) is 36. The highest BCUT2D eigenvalue weighted by Crippen LogP contribution is 2.38. The van der Waals surface area contributed by atoms with Crippen LogP contribution < -0.4 is 21.3 Å². The van der Waals surface area contributed by atoms with Gasteiger partial charge in [-0.05, 0) is 0 Å². The molecule has 6 fully saturated rings. The molecule has 0 aliphatic carbocycles. The Hall–Kier alpha value is -3.40. The molecule has 6 rings (SSSR count). The zero-order chi connectivity index (χ0) is 66.9. The van der Waals surface area contributed by atoms with Crippen LogP contribution in [0, 0.1) is 0 Å². The molecule has 40 nitrogen and oxygen atoms in total. The summed E-state index contributed by atoms with van der Waals surface area (Å²) < 4.78 is 72.4. The number of nitrogens with one attached hydrogen (secondary N) is 4. The molecule has 0 bridgehead atoms. The van der Waals surface area contributed by atoms with E-state index in [2.05, 4.69) is 21.3 Å². The molecule has 0 aromatic heterocycles. The van der Waals surface area contributed by atoms with Gasteiger partial charge in [-0.15, -0.1) is 0 Å². The molecule has 24 N–H and O–H groups in total. The quantitative estimate of drug-likeness (QED) is 0.0363. The van der Waals surface area contributed by atoms with Gasteiger partial charge in [-0.2, -0.15) is 0 Å². The minimum Gasteiger partial charge on any atom is -0.394 e. The first-order chi connectivity index (χ1) is 42.5. The Bertz CT molecular complexity index is 2260. The molecule has 0 saturated carbocycles. The van der Waals surface area contributed by atoms with E-state index in [1.165, 1.54) is 0 Å². The highest BCUT2D eigenvalue weighted by Gasteiger charge is 2.59. The van der Waals surface area contributed by atoms with Crippen molar-refractivity contribution in [2.75, 3.05) is 52.9 Å². The summed E-state index contributed by atoms with van der Waals surface area (Å²) in [6, 6.07) is -7.16. The summed E-state index contributed by atoms with van der Waals surface area (Å²) in [5.41, 5.74) is 0. The molecule has 6 saturated heterocycles. The number of amides is 4. The fourth-order valence-electron chi connectivity index (χ4n) is 11.1. The number of aliphatic hydroxyl groups excluding tert-OH is 20. The molecular formula is C50H86N4O36. The standard InChI is InChI=1S/C50H86N4O36/c1-13(62)51-17(5-55)28(67)40(18(66)6-56)86-48-39(78)42(88-50-44(38(77)33(72)23(11-61)84-50)90-47-27(54-16(4)65)36(75)31(70)21(9-59)82-47)41(87-45-25(52-14(2)63)34(73)29(68)19(7-57)80-45)24(85-48)12-79-49-43(37(76)32(71)22(10-60)83-49)89-46-26(53-15(3)64)35(74)30(69)20(8-58)81-46/h17-50,55-61,66-78H,5-12H2,1-4H3,(H,51,62)(H,52,63)(H,53,64)(H,54,65)/t17-,18+,19+,20+,21+,22+,23+,24+,25+,26+,27+,28+,29+,30+,31+,32+,33+,34+,35+,36+,37-,38-,39-,40+,41+,42+,43-,44-,45-,46-,47-,48-,49-,50+/m0/s1. The predicted octanol–water partition coefficient (Wildman–Crippen LogP) is -16.1. The van der Waals surface area contributed by atoms with Gasteiger partial charge in [0, 0.05) is 27.7 Å². The fraction of sp³-hybridized carbons (Fsp3) is 0.920. The number of carbonyl (C=O) groups is 4. The van der Waals surface area contributed by atoms with Crippen LogP contribution in [0.4, 0.5) is 0 Å². The normalized spacial score (nSPS) is 43.9. The van der Waals surface area contributed by atoms with Gasteiger partial charge in [0.05, 0.1) is 58.9 Å². The molecule has 0 radical (unpaired) electrons. The summed E-state index contributed by atoms with van der Waals surface area (Å²) in [5, 5.41) is 229. The van der Waals surface area contributed by atoms with Gasteiger partial charge in [0.15, 0.2) is 37.7 Å². The summed E-state index contributed by atoms with van der Waals surface area (Å²) in [7, 11) is 0. The average Bonchev–Trinajstić information content (AvgIpc) is 0.803. The second kappa shape index (κ2) is 33.8. The first-order valence-corrected chi connectivity index (χ1v) is 28.5. The van der Waals surface area contributed by atoms with Crippen molar-refractivity contribution in [3.05, 3.63) is 0 Å². The van der Waals surface area contributed by atoms with E-state index in [1.807, 2.05) is 0 Å². The monoisotopic (exact) mass is 1320 g/mol. The molecule has 6 aliphatic heterocycles. The molecule has 34 atom stereocenters. The number of aliphatic hydroxyl groups is 20. The van der Waals surface area contributed by atoms with Gasteiger partial charge in [-0.1, -0.05) is 0 Å². The molecule has 0 unspecified atom stereocenters. The fourth-order valence-corrected chi connectivity index (χ4v) is 11.1. The lowest BCUT2D eigenvalue weighted by molar-refractivity contribution is -0.403. The number of carbonyl (C=O) groups excluding carboxylic acids is 4. The Balaban J connectivity index is 1.54. The highest BCUT2D eigenvalue weighted by atomic mass is 16.8. The van der Waals surface area contributed by atoms with E-state index in [0.29, 0.717) is 0 Å². The maximum atomic E-state index is 12.8. The number of rotatable bonds is 27. The van der Waals surface area contributed by atoms with Gasteiger partial charge in [-0.25, -0.2) is 0 Å². The molecule has 0 aromatic carbocycles. The van der Waals surface area contributed by atoms with E-state index in [1.54, 1.807) is 0 Å². The average molecular weight is 1320 g/mol. The van der Waals surface area contributed by atoms with Gasteiger partial charge in [0.1, 0.15) is 165 Å². The smallest absolute Gasteiger partial charge is 0.217 e. The van der Waals surface area contributed by atoms with Crippen molar-refractivity contribution >= 4 is 23.6 Å². The van der Waals surface area contributed by atoms with Gasteiger partial charge in [-0.3, -0.25) is 19.2 Å². The third-order valence-electron chi connectivity index (χ3n) is 15.8. The SMILES string of the molecule is CC(=O)N[C@H]1[C@H](O[C@@H]2[C@@H](OC[C@H]3O[C@@H](O[C@@H]([C@H](O)[C@H](CO)NC(C)=O)[C@H](O)CO)[C@@H](O)[C@@H](O[C@H]4O[C@H](CO)[C@@H](O)[C@H](O)[C@@H]4O[C@@H]4O[C@H](CO)[C@@H](O)[C@H](O)[C@H]4NC(C)=O)[C@@H]3O[C@@H]3O[C@H](CO)[C@@H](O)[C@H](O)[C@H]3NC(C)=O)O[C@H](CO)[C@@H](O)[C@@H]2O)O[C@H](CO)[C@@H](O)[C@@H]1O. The van der Waals surface area contributed by atoms with Crippen LogP contribution in [-0.4, -0.2) is 387 Å². The molecule has 6 aliphatic rings. The van der Waals surface area contributed by atoms with Crippen LogP contribution in [-0.2, 0) is 76.0 Å². The minimum absolute atomic E-state index is 0.839. The maximum Gasteiger partial charge on any atom is 0.217 e. The van der Waals surface area contributed by atoms with Crippen LogP contribution in [0.25, 0.3) is 0 Å². The van der Waals surface area contributed by atoms with E-state index in [9.17, 15) is 121 Å². The van der Waals surface area contributed by atoms with E-state index in [-0.39, 0.29) is 0 Å². The largest absolute Gasteiger partial charge is 0.394 e. The van der Waals surface area contributed by atoms with Crippen molar-refractivity contribution in [3.8, 4) is 0 Å². The lowest BCUT2D eigenvalue weighted by atomic mass is 9.94. The highest BCUT2D eigenvalue weighted by molar-refractivity contribution is 5.74. The molecular weight excluding hydrogens is 1230 g/mol. The Morgan fingerprint density at radius 2 is 0.711 bits per heavy atom. The Kier molecular flexibility index (Phi) is 28.4. The first-order valence-electron chi connectivity index (χ1n) is 28.5. The minimum atomic E-state index is -2.60. The third-order valence-corrected chi connectivity index (χ3v) is 15.8. The van der Waals surface area contributed by atoms with Crippen LogP contribution >= 0.6 is 0 Å². The molecule has 90 heavy (non-hydrogen) atoms. The van der Waals surface area contributed by atoms with Crippen molar-refractivity contribution in [1.29, 1.82) is 0 Å². The molecule has 0 spiro atoms. The lowest BCUT2D eigenvalue weighted by Crippen LogP contribution is -2.70. The number of ether oxygens (including phenoxy) is 12. The van der Waals surface area contributed by atoms with Crippen molar-refractivity contribution in [3.63, 3.8) is 0 Å². The Labute approximate surface area is 511 Å². The molecule has 6 heterocycles. The van der Waals surface area contributed by atoms with Crippen LogP contribution in [0.3, 0.4) is 0 Å². The summed E-state index contributed by atoms with van der Waals surface area (Å²) in [5.74, 6) is -3.49. The van der Waals surface area contributed by atoms with Gasteiger partial charge < -0.3 is 180 Å². The number of hydrogen-bond donors (Lipinski definition) is 24. The summed E-state index contributed by atoms with van der Waals surface area (Å²) in [6.45, 7) is -4.97. The van der Waals surface area contributed by atoms with Gasteiger partial charge >= 0.3 is 0 Å².